The summed E-state index contributed by atoms with van der Waals surface area (Å²) in [6.07, 6.45) is 2.78. The Labute approximate surface area is 139 Å². The smallest absolute Gasteiger partial charge is 0.316 e. The molecule has 0 saturated carbocycles. The first-order chi connectivity index (χ1) is 11.2. The number of ether oxygens (including phenoxy) is 2. The standard InChI is InChI=1S/C16H16ClN3O3/c1-22-16-18-8-12(9-19-16)15(21)20-6-7-23-14(10-20)11-2-4-13(17)5-3-11/h2-5,8-9,14H,6-7,10H2,1H3. The van der Waals surface area contributed by atoms with Gasteiger partial charge in [0.25, 0.3) is 5.91 Å². The Kier molecular flexibility index (Phi) is 4.73. The molecule has 23 heavy (non-hydrogen) atoms. The molecular formula is C16H16ClN3O3. The molecule has 1 unspecified atom stereocenters. The summed E-state index contributed by atoms with van der Waals surface area (Å²) >= 11 is 5.90. The van der Waals surface area contributed by atoms with Gasteiger partial charge < -0.3 is 14.4 Å². The zero-order valence-corrected chi connectivity index (χ0v) is 13.4. The summed E-state index contributed by atoms with van der Waals surface area (Å²) in [6, 6.07) is 7.70. The average Bonchev–Trinajstić information content (AvgIpc) is 2.62. The minimum atomic E-state index is -0.163. The van der Waals surface area contributed by atoms with Gasteiger partial charge in [-0.15, -0.1) is 0 Å². The Morgan fingerprint density at radius 1 is 1.30 bits per heavy atom. The topological polar surface area (TPSA) is 64.5 Å². The maximum absolute atomic E-state index is 12.6. The largest absolute Gasteiger partial charge is 0.467 e. The normalized spacial score (nSPS) is 17.8. The minimum absolute atomic E-state index is 0.116. The van der Waals surface area contributed by atoms with Crippen molar-refractivity contribution in [2.24, 2.45) is 0 Å². The molecule has 7 heteroatoms. The van der Waals surface area contributed by atoms with Gasteiger partial charge in [0.05, 0.1) is 25.8 Å². The first-order valence-electron chi connectivity index (χ1n) is 7.20. The van der Waals surface area contributed by atoms with E-state index in [1.54, 1.807) is 4.90 Å². The van der Waals surface area contributed by atoms with Gasteiger partial charge in [-0.2, -0.15) is 0 Å². The number of nitrogens with zero attached hydrogens (tertiary/aromatic N) is 3. The van der Waals surface area contributed by atoms with Gasteiger partial charge in [-0.1, -0.05) is 23.7 Å². The van der Waals surface area contributed by atoms with E-state index in [-0.39, 0.29) is 18.0 Å². The van der Waals surface area contributed by atoms with Crippen LogP contribution in [-0.4, -0.2) is 47.6 Å². The van der Waals surface area contributed by atoms with E-state index in [0.29, 0.717) is 30.3 Å². The number of amides is 1. The molecule has 1 aliphatic heterocycles. The number of carbonyl (C=O) groups excluding carboxylic acids is 1. The van der Waals surface area contributed by atoms with E-state index in [1.165, 1.54) is 19.5 Å². The molecule has 6 nitrogen and oxygen atoms in total. The van der Waals surface area contributed by atoms with Crippen LogP contribution in [0, 0.1) is 0 Å². The number of rotatable bonds is 3. The zero-order chi connectivity index (χ0) is 16.2. The number of carbonyl (C=O) groups is 1. The van der Waals surface area contributed by atoms with Gasteiger partial charge >= 0.3 is 6.01 Å². The average molecular weight is 334 g/mol. The van der Waals surface area contributed by atoms with E-state index in [1.807, 2.05) is 24.3 Å². The van der Waals surface area contributed by atoms with Crippen molar-refractivity contribution < 1.29 is 14.3 Å². The van der Waals surface area contributed by atoms with Crippen LogP contribution in [0.2, 0.25) is 5.02 Å². The molecule has 1 saturated heterocycles. The predicted molar refractivity (Wildman–Crippen MR) is 84.6 cm³/mol. The lowest BCUT2D eigenvalue weighted by Crippen LogP contribution is -2.42. The van der Waals surface area contributed by atoms with Gasteiger partial charge in [-0.05, 0) is 17.7 Å². The van der Waals surface area contributed by atoms with Crippen molar-refractivity contribution in [2.45, 2.75) is 6.10 Å². The van der Waals surface area contributed by atoms with E-state index in [4.69, 9.17) is 21.1 Å². The van der Waals surface area contributed by atoms with Crippen LogP contribution in [0.4, 0.5) is 0 Å². The second-order valence-electron chi connectivity index (χ2n) is 5.12. The van der Waals surface area contributed by atoms with Crippen molar-refractivity contribution >= 4 is 17.5 Å². The molecule has 0 N–H and O–H groups in total. The zero-order valence-electron chi connectivity index (χ0n) is 12.6. The van der Waals surface area contributed by atoms with Crippen molar-refractivity contribution in [2.75, 3.05) is 26.8 Å². The van der Waals surface area contributed by atoms with Crippen molar-refractivity contribution in [3.8, 4) is 6.01 Å². The molecule has 1 aliphatic rings. The summed E-state index contributed by atoms with van der Waals surface area (Å²) in [5.74, 6) is -0.116. The maximum Gasteiger partial charge on any atom is 0.316 e. The SMILES string of the molecule is COc1ncc(C(=O)N2CCOC(c3ccc(Cl)cc3)C2)cn1. The van der Waals surface area contributed by atoms with Gasteiger partial charge in [0.1, 0.15) is 6.10 Å². The fraction of sp³-hybridized carbons (Fsp3) is 0.312. The van der Waals surface area contributed by atoms with Gasteiger partial charge in [-0.3, -0.25) is 4.79 Å². The molecule has 120 valence electrons. The summed E-state index contributed by atoms with van der Waals surface area (Å²) in [7, 11) is 1.48. The first kappa shape index (κ1) is 15.7. The van der Waals surface area contributed by atoms with E-state index in [2.05, 4.69) is 9.97 Å². The van der Waals surface area contributed by atoms with Gasteiger partial charge in [0, 0.05) is 24.0 Å². The first-order valence-corrected chi connectivity index (χ1v) is 7.57. The van der Waals surface area contributed by atoms with E-state index < -0.39 is 0 Å². The minimum Gasteiger partial charge on any atom is -0.467 e. The molecule has 1 amide bonds. The second-order valence-corrected chi connectivity index (χ2v) is 5.56. The molecular weight excluding hydrogens is 318 g/mol. The van der Waals surface area contributed by atoms with E-state index in [9.17, 15) is 4.79 Å². The summed E-state index contributed by atoms with van der Waals surface area (Å²) < 4.78 is 10.7. The number of aromatic nitrogens is 2. The van der Waals surface area contributed by atoms with Crippen molar-refractivity contribution in [1.29, 1.82) is 0 Å². The lowest BCUT2D eigenvalue weighted by molar-refractivity contribution is -0.0228. The third kappa shape index (κ3) is 3.60. The van der Waals surface area contributed by atoms with Crippen molar-refractivity contribution in [3.05, 3.63) is 52.8 Å². The maximum atomic E-state index is 12.6. The van der Waals surface area contributed by atoms with Gasteiger partial charge in [-0.25, -0.2) is 9.97 Å². The highest BCUT2D eigenvalue weighted by atomic mass is 35.5. The van der Waals surface area contributed by atoms with Crippen LogP contribution in [0.3, 0.4) is 0 Å². The molecule has 0 aliphatic carbocycles. The number of morpholine rings is 1. The van der Waals surface area contributed by atoms with Crippen molar-refractivity contribution in [3.63, 3.8) is 0 Å². The third-order valence-electron chi connectivity index (χ3n) is 3.65. The lowest BCUT2D eigenvalue weighted by Gasteiger charge is -2.33. The lowest BCUT2D eigenvalue weighted by atomic mass is 10.1. The Morgan fingerprint density at radius 3 is 2.65 bits per heavy atom. The molecule has 1 fully saturated rings. The Bertz CT molecular complexity index is 676. The highest BCUT2D eigenvalue weighted by molar-refractivity contribution is 6.30. The number of hydrogen-bond acceptors (Lipinski definition) is 5. The van der Waals surface area contributed by atoms with Crippen LogP contribution >= 0.6 is 11.6 Å². The molecule has 2 aromatic rings. The van der Waals surface area contributed by atoms with Crippen LogP contribution < -0.4 is 4.74 Å². The van der Waals surface area contributed by atoms with E-state index >= 15 is 0 Å². The molecule has 1 aromatic carbocycles. The molecule has 2 heterocycles. The number of benzene rings is 1. The quantitative estimate of drug-likeness (QED) is 0.862. The molecule has 0 bridgehead atoms. The van der Waals surface area contributed by atoms with Gasteiger partial charge in [0.2, 0.25) is 0 Å². The summed E-state index contributed by atoms with van der Waals surface area (Å²) in [5, 5.41) is 0.674. The highest BCUT2D eigenvalue weighted by Gasteiger charge is 2.26. The fourth-order valence-electron chi connectivity index (χ4n) is 2.43. The van der Waals surface area contributed by atoms with Crippen LogP contribution in [0.25, 0.3) is 0 Å². The summed E-state index contributed by atoms with van der Waals surface area (Å²) in [5.41, 5.74) is 1.43. The number of hydrogen-bond donors (Lipinski definition) is 0. The summed E-state index contributed by atoms with van der Waals surface area (Å²) in [4.78, 5) is 22.2. The summed E-state index contributed by atoms with van der Waals surface area (Å²) in [6.45, 7) is 1.50. The Morgan fingerprint density at radius 2 is 2.00 bits per heavy atom. The third-order valence-corrected chi connectivity index (χ3v) is 3.91. The Hall–Kier alpha value is -2.18. The van der Waals surface area contributed by atoms with Crippen LogP contribution in [0.15, 0.2) is 36.7 Å². The monoisotopic (exact) mass is 333 g/mol. The molecule has 3 rings (SSSR count). The van der Waals surface area contributed by atoms with Gasteiger partial charge in [0.15, 0.2) is 0 Å². The fourth-order valence-corrected chi connectivity index (χ4v) is 2.55. The van der Waals surface area contributed by atoms with Crippen LogP contribution in [0.1, 0.15) is 22.0 Å². The van der Waals surface area contributed by atoms with E-state index in [0.717, 1.165) is 5.56 Å². The van der Waals surface area contributed by atoms with Crippen LogP contribution in [0.5, 0.6) is 6.01 Å². The Balaban J connectivity index is 1.72. The molecule has 0 spiro atoms. The molecule has 0 radical (unpaired) electrons. The molecule has 1 atom stereocenters. The number of halogens is 1. The van der Waals surface area contributed by atoms with Crippen LogP contribution in [-0.2, 0) is 4.74 Å². The number of methoxy groups -OCH3 is 1. The predicted octanol–water partition coefficient (Wildman–Crippen LogP) is 2.35. The second kappa shape index (κ2) is 6.93. The van der Waals surface area contributed by atoms with Crippen molar-refractivity contribution in [1.82, 2.24) is 14.9 Å². The molecule has 1 aromatic heterocycles. The highest BCUT2D eigenvalue weighted by Crippen LogP contribution is 2.24.